The topological polar surface area (TPSA) is 120 Å². The second-order valence-corrected chi connectivity index (χ2v) is 6.94. The molecule has 0 unspecified atom stereocenters. The number of aliphatic hydroxyl groups is 4. The molecular weight excluding hydrogens is 353 g/mol. The van der Waals surface area contributed by atoms with Crippen molar-refractivity contribution in [2.45, 2.75) is 50.0 Å². The van der Waals surface area contributed by atoms with E-state index in [1.54, 1.807) is 0 Å². The largest absolute Gasteiger partial charge is 0.395 e. The molecule has 1 heterocycles. The number of anilines is 1. The zero-order valence-corrected chi connectivity index (χ0v) is 15.3. The number of benzene rings is 1. The third-order valence-electron chi connectivity index (χ3n) is 5.01. The highest BCUT2D eigenvalue weighted by Crippen LogP contribution is 2.20. The third-order valence-corrected chi connectivity index (χ3v) is 5.01. The van der Waals surface area contributed by atoms with Crippen molar-refractivity contribution in [2.75, 3.05) is 31.6 Å². The molecule has 1 aliphatic heterocycles. The number of piperidine rings is 1. The first kappa shape index (κ1) is 21.5. The number of nitrogens with one attached hydrogen (secondary N) is 1. The van der Waals surface area contributed by atoms with Gasteiger partial charge in [-0.2, -0.15) is 5.26 Å². The summed E-state index contributed by atoms with van der Waals surface area (Å²) in [5, 5.41) is 51.0. The van der Waals surface area contributed by atoms with Crippen molar-refractivity contribution in [1.29, 1.82) is 5.26 Å². The van der Waals surface area contributed by atoms with Gasteiger partial charge in [-0.1, -0.05) is 12.8 Å². The minimum Gasteiger partial charge on any atom is -0.395 e. The molecule has 1 aliphatic rings. The van der Waals surface area contributed by atoms with E-state index >= 15 is 0 Å². The molecule has 8 heteroatoms. The van der Waals surface area contributed by atoms with E-state index in [1.165, 1.54) is 18.2 Å². The fourth-order valence-corrected chi connectivity index (χ4v) is 3.41. The van der Waals surface area contributed by atoms with Gasteiger partial charge in [0.2, 0.25) is 0 Å². The lowest BCUT2D eigenvalue weighted by Crippen LogP contribution is -2.62. The average Bonchev–Trinajstić information content (AvgIpc) is 2.65. The number of aliphatic hydroxyl groups excluding tert-OH is 4. The second-order valence-electron chi connectivity index (χ2n) is 6.94. The molecule has 0 spiro atoms. The van der Waals surface area contributed by atoms with Crippen LogP contribution in [0.4, 0.5) is 10.1 Å². The highest BCUT2D eigenvalue weighted by Gasteiger charge is 2.40. The summed E-state index contributed by atoms with van der Waals surface area (Å²) >= 11 is 0. The molecule has 0 amide bonds. The van der Waals surface area contributed by atoms with Crippen LogP contribution in [0.2, 0.25) is 0 Å². The van der Waals surface area contributed by atoms with Crippen LogP contribution >= 0.6 is 0 Å². The molecule has 1 saturated heterocycles. The molecule has 5 N–H and O–H groups in total. The summed E-state index contributed by atoms with van der Waals surface area (Å²) < 4.78 is 13.3. The van der Waals surface area contributed by atoms with Gasteiger partial charge in [0.1, 0.15) is 24.1 Å². The number of nitrogens with zero attached hydrogens (tertiary/aromatic N) is 2. The van der Waals surface area contributed by atoms with Gasteiger partial charge >= 0.3 is 0 Å². The summed E-state index contributed by atoms with van der Waals surface area (Å²) in [6, 6.07) is 5.49. The Hall–Kier alpha value is -1.76. The quantitative estimate of drug-likeness (QED) is 0.394. The first-order chi connectivity index (χ1) is 13.0. The van der Waals surface area contributed by atoms with Crippen LogP contribution in [0, 0.1) is 17.1 Å². The van der Waals surface area contributed by atoms with Crippen molar-refractivity contribution in [2.24, 2.45) is 0 Å². The van der Waals surface area contributed by atoms with Crippen molar-refractivity contribution < 1.29 is 24.8 Å². The van der Waals surface area contributed by atoms with Crippen LogP contribution in [0.3, 0.4) is 0 Å². The number of rotatable bonds is 9. The molecule has 1 aromatic carbocycles. The van der Waals surface area contributed by atoms with E-state index in [4.69, 9.17) is 5.26 Å². The molecule has 1 fully saturated rings. The zero-order valence-electron chi connectivity index (χ0n) is 15.3. The smallest absolute Gasteiger partial charge is 0.125 e. The maximum absolute atomic E-state index is 13.3. The van der Waals surface area contributed by atoms with Crippen molar-refractivity contribution >= 4 is 5.69 Å². The Bertz CT molecular complexity index is 640. The Morgan fingerprint density at radius 3 is 2.59 bits per heavy atom. The van der Waals surface area contributed by atoms with E-state index < -0.39 is 24.4 Å². The van der Waals surface area contributed by atoms with Crippen LogP contribution in [0.1, 0.15) is 31.2 Å². The van der Waals surface area contributed by atoms with Crippen LogP contribution in [0.15, 0.2) is 18.2 Å². The Balaban J connectivity index is 1.66. The fraction of sp³-hybridized carbons (Fsp3) is 0.632. The van der Waals surface area contributed by atoms with Gasteiger partial charge < -0.3 is 25.7 Å². The third kappa shape index (κ3) is 5.86. The fourth-order valence-electron chi connectivity index (χ4n) is 3.41. The van der Waals surface area contributed by atoms with Gasteiger partial charge in [0.25, 0.3) is 0 Å². The van der Waals surface area contributed by atoms with Crippen molar-refractivity contribution in [3.8, 4) is 6.07 Å². The van der Waals surface area contributed by atoms with Gasteiger partial charge in [0.15, 0.2) is 0 Å². The number of likely N-dealkylation sites (tertiary alicyclic amines) is 1. The van der Waals surface area contributed by atoms with E-state index in [0.717, 1.165) is 25.7 Å². The van der Waals surface area contributed by atoms with Crippen LogP contribution in [0.5, 0.6) is 0 Å². The molecule has 0 radical (unpaired) electrons. The number of nitriles is 1. The first-order valence-electron chi connectivity index (χ1n) is 9.30. The molecule has 27 heavy (non-hydrogen) atoms. The Labute approximate surface area is 158 Å². The number of β-amino-alcohol motifs (C(OH)–C–C–N with tert-alkyl or cyclic N) is 1. The van der Waals surface area contributed by atoms with Crippen LogP contribution in [-0.2, 0) is 0 Å². The predicted molar refractivity (Wildman–Crippen MR) is 98.5 cm³/mol. The lowest BCUT2D eigenvalue weighted by molar-refractivity contribution is -0.145. The number of halogens is 1. The Kier molecular flexibility index (Phi) is 8.41. The minimum absolute atomic E-state index is 0.224. The highest BCUT2D eigenvalue weighted by molar-refractivity contribution is 5.57. The van der Waals surface area contributed by atoms with E-state index in [9.17, 15) is 24.8 Å². The summed E-state index contributed by atoms with van der Waals surface area (Å²) in [6.45, 7) is 1.19. The molecule has 7 nitrogen and oxygen atoms in total. The summed E-state index contributed by atoms with van der Waals surface area (Å²) in [5.74, 6) is -0.383. The Morgan fingerprint density at radius 2 is 1.89 bits per heavy atom. The molecule has 4 atom stereocenters. The summed E-state index contributed by atoms with van der Waals surface area (Å²) in [4.78, 5) is 1.81. The van der Waals surface area contributed by atoms with Crippen LogP contribution in [0.25, 0.3) is 0 Å². The molecule has 0 bridgehead atoms. The van der Waals surface area contributed by atoms with Crippen LogP contribution < -0.4 is 5.32 Å². The highest BCUT2D eigenvalue weighted by atomic mass is 19.1. The lowest BCUT2D eigenvalue weighted by Gasteiger charge is -2.43. The van der Waals surface area contributed by atoms with E-state index in [-0.39, 0.29) is 19.0 Å². The van der Waals surface area contributed by atoms with Crippen molar-refractivity contribution in [1.82, 2.24) is 4.90 Å². The van der Waals surface area contributed by atoms with Gasteiger partial charge in [-0.15, -0.1) is 0 Å². The number of hydrogen-bond acceptors (Lipinski definition) is 7. The lowest BCUT2D eigenvalue weighted by atomic mass is 9.94. The monoisotopic (exact) mass is 381 g/mol. The standard InChI is InChI=1S/C19H28FN3O4/c20-14-6-5-13(10-21)15(9-14)22-7-3-1-2-4-8-23-11-17(25)19(27)18(26)16(23)12-24/h5-6,9,16-19,22,24-27H,1-4,7-8,11-12H2/t16-,17+,18-,19-/m1/s1. The molecule has 0 aromatic heterocycles. The van der Waals surface area contributed by atoms with Gasteiger partial charge in [-0.3, -0.25) is 4.90 Å². The molecule has 0 aliphatic carbocycles. The maximum Gasteiger partial charge on any atom is 0.125 e. The van der Waals surface area contributed by atoms with Crippen molar-refractivity contribution in [3.63, 3.8) is 0 Å². The SMILES string of the molecule is N#Cc1ccc(F)cc1NCCCCCCN1C[C@H](O)[C@@H](O)[C@H](O)[C@H]1CO. The van der Waals surface area contributed by atoms with E-state index in [0.29, 0.717) is 24.3 Å². The predicted octanol–water partition coefficient (Wildman–Crippen LogP) is 0.429. The maximum atomic E-state index is 13.3. The van der Waals surface area contributed by atoms with Crippen molar-refractivity contribution in [3.05, 3.63) is 29.6 Å². The average molecular weight is 381 g/mol. The zero-order chi connectivity index (χ0) is 19.8. The van der Waals surface area contributed by atoms with Gasteiger partial charge in [-0.05, 0) is 37.6 Å². The number of unbranched alkanes of at least 4 members (excludes halogenated alkanes) is 3. The van der Waals surface area contributed by atoms with Gasteiger partial charge in [-0.25, -0.2) is 4.39 Å². The molecule has 2 rings (SSSR count). The molecule has 150 valence electrons. The minimum atomic E-state index is -1.23. The second kappa shape index (κ2) is 10.5. The summed E-state index contributed by atoms with van der Waals surface area (Å²) in [7, 11) is 0. The van der Waals surface area contributed by atoms with E-state index in [2.05, 4.69) is 5.32 Å². The van der Waals surface area contributed by atoms with Crippen LogP contribution in [-0.4, -0.2) is 75.9 Å². The first-order valence-corrected chi connectivity index (χ1v) is 9.30. The summed E-state index contributed by atoms with van der Waals surface area (Å²) in [5.41, 5.74) is 0.911. The van der Waals surface area contributed by atoms with Gasteiger partial charge in [0, 0.05) is 13.1 Å². The Morgan fingerprint density at radius 1 is 1.15 bits per heavy atom. The van der Waals surface area contributed by atoms with Gasteiger partial charge in [0.05, 0.1) is 30.0 Å². The normalized spacial score (nSPS) is 25.9. The summed E-state index contributed by atoms with van der Waals surface area (Å²) in [6.07, 6.45) is 0.112. The van der Waals surface area contributed by atoms with E-state index in [1.807, 2.05) is 11.0 Å². The number of hydrogen-bond donors (Lipinski definition) is 5. The molecule has 0 saturated carbocycles. The molecular formula is C19H28FN3O4. The molecule has 1 aromatic rings.